The third-order valence-electron chi connectivity index (χ3n) is 5.03. The van der Waals surface area contributed by atoms with Crippen LogP contribution in [0.1, 0.15) is 35.1 Å². The highest BCUT2D eigenvalue weighted by Gasteiger charge is 2.14. The third kappa shape index (κ3) is 6.98. The molecule has 34 heavy (non-hydrogen) atoms. The fourth-order valence-corrected chi connectivity index (χ4v) is 4.10. The second kappa shape index (κ2) is 12.4. The van der Waals surface area contributed by atoms with Crippen LogP contribution in [0.15, 0.2) is 47.6 Å². The Bertz CT molecular complexity index is 1130. The number of carbonyl (C=O) groups is 2. The molecule has 1 amide bonds. The SMILES string of the molecule is CCOC(=O)c1ccc(Cl)c(NC(=O)CSc2nnc(CCCc3ccc(OC)cc3)n2C)c1. The van der Waals surface area contributed by atoms with Gasteiger partial charge >= 0.3 is 5.97 Å². The van der Waals surface area contributed by atoms with Gasteiger partial charge in [-0.1, -0.05) is 35.5 Å². The number of aromatic nitrogens is 3. The number of benzene rings is 2. The van der Waals surface area contributed by atoms with E-state index in [1.54, 1.807) is 26.2 Å². The molecule has 0 unspecified atom stereocenters. The number of rotatable bonds is 11. The predicted molar refractivity (Wildman–Crippen MR) is 133 cm³/mol. The average Bonchev–Trinajstić information content (AvgIpc) is 3.19. The van der Waals surface area contributed by atoms with Crippen molar-refractivity contribution in [2.24, 2.45) is 7.05 Å². The van der Waals surface area contributed by atoms with E-state index in [0.29, 0.717) is 21.4 Å². The molecular formula is C24H27ClN4O4S. The van der Waals surface area contributed by atoms with Crippen LogP contribution in [0, 0.1) is 0 Å². The Balaban J connectivity index is 1.50. The van der Waals surface area contributed by atoms with Crippen molar-refractivity contribution in [1.29, 1.82) is 0 Å². The van der Waals surface area contributed by atoms with Gasteiger partial charge in [0.25, 0.3) is 0 Å². The van der Waals surface area contributed by atoms with Gasteiger partial charge < -0.3 is 19.4 Å². The molecule has 0 radical (unpaired) electrons. The molecule has 1 N–H and O–H groups in total. The Hall–Kier alpha value is -3.04. The van der Waals surface area contributed by atoms with E-state index < -0.39 is 5.97 Å². The van der Waals surface area contributed by atoms with E-state index in [1.807, 2.05) is 23.7 Å². The topological polar surface area (TPSA) is 95.3 Å². The summed E-state index contributed by atoms with van der Waals surface area (Å²) < 4.78 is 12.1. The lowest BCUT2D eigenvalue weighted by Crippen LogP contribution is -2.15. The maximum absolute atomic E-state index is 12.5. The van der Waals surface area contributed by atoms with E-state index in [-0.39, 0.29) is 18.3 Å². The Morgan fingerprint density at radius 1 is 1.12 bits per heavy atom. The first-order chi connectivity index (χ1) is 16.4. The molecule has 0 saturated heterocycles. The van der Waals surface area contributed by atoms with Gasteiger partial charge in [0.2, 0.25) is 5.91 Å². The smallest absolute Gasteiger partial charge is 0.338 e. The lowest BCUT2D eigenvalue weighted by Gasteiger charge is -2.09. The van der Waals surface area contributed by atoms with Crippen molar-refractivity contribution in [1.82, 2.24) is 14.8 Å². The van der Waals surface area contributed by atoms with Crippen molar-refractivity contribution >= 4 is 40.9 Å². The molecule has 8 nitrogen and oxygen atoms in total. The standard InChI is InChI=1S/C24H27ClN4O4S/c1-4-33-23(31)17-10-13-19(25)20(14-17)26-22(30)15-34-24-28-27-21(29(24)2)7-5-6-16-8-11-18(32-3)12-9-16/h8-14H,4-7,15H2,1-3H3,(H,26,30). The zero-order valence-corrected chi connectivity index (χ0v) is 20.9. The number of hydrogen-bond acceptors (Lipinski definition) is 7. The summed E-state index contributed by atoms with van der Waals surface area (Å²) in [5, 5.41) is 12.2. The van der Waals surface area contributed by atoms with E-state index in [1.165, 1.54) is 23.4 Å². The number of hydrogen-bond donors (Lipinski definition) is 1. The van der Waals surface area contributed by atoms with Gasteiger partial charge in [-0.3, -0.25) is 4.79 Å². The van der Waals surface area contributed by atoms with Gasteiger partial charge in [-0.15, -0.1) is 10.2 Å². The van der Waals surface area contributed by atoms with Gasteiger partial charge in [0.15, 0.2) is 5.16 Å². The van der Waals surface area contributed by atoms with Crippen LogP contribution in [0.4, 0.5) is 5.69 Å². The summed E-state index contributed by atoms with van der Waals surface area (Å²) in [6.07, 6.45) is 2.63. The maximum atomic E-state index is 12.5. The number of methoxy groups -OCH3 is 1. The number of amides is 1. The van der Waals surface area contributed by atoms with Gasteiger partial charge in [-0.25, -0.2) is 4.79 Å². The van der Waals surface area contributed by atoms with Gasteiger partial charge in [0, 0.05) is 13.5 Å². The first-order valence-electron chi connectivity index (χ1n) is 10.8. The van der Waals surface area contributed by atoms with Crippen LogP contribution in [0.2, 0.25) is 5.02 Å². The van der Waals surface area contributed by atoms with Gasteiger partial charge in [0.05, 0.1) is 35.7 Å². The first kappa shape index (κ1) is 25.6. The van der Waals surface area contributed by atoms with Crippen molar-refractivity contribution in [3.8, 4) is 5.75 Å². The summed E-state index contributed by atoms with van der Waals surface area (Å²) in [5.41, 5.74) is 1.91. The minimum Gasteiger partial charge on any atom is -0.497 e. The van der Waals surface area contributed by atoms with E-state index in [4.69, 9.17) is 21.1 Å². The summed E-state index contributed by atoms with van der Waals surface area (Å²) in [6, 6.07) is 12.6. The van der Waals surface area contributed by atoms with E-state index in [2.05, 4.69) is 27.6 Å². The molecule has 0 aliphatic carbocycles. The number of carbonyl (C=O) groups excluding carboxylic acids is 2. The molecular weight excluding hydrogens is 476 g/mol. The van der Waals surface area contributed by atoms with Crippen LogP contribution in [-0.2, 0) is 29.4 Å². The van der Waals surface area contributed by atoms with Crippen molar-refractivity contribution < 1.29 is 19.1 Å². The van der Waals surface area contributed by atoms with Crippen LogP contribution >= 0.6 is 23.4 Å². The van der Waals surface area contributed by atoms with Crippen molar-refractivity contribution in [3.05, 3.63) is 64.4 Å². The molecule has 3 rings (SSSR count). The molecule has 180 valence electrons. The number of nitrogens with one attached hydrogen (secondary N) is 1. The van der Waals surface area contributed by atoms with Crippen molar-refractivity contribution in [3.63, 3.8) is 0 Å². The second-order valence-electron chi connectivity index (χ2n) is 7.41. The lowest BCUT2D eigenvalue weighted by atomic mass is 10.1. The highest BCUT2D eigenvalue weighted by molar-refractivity contribution is 7.99. The minimum atomic E-state index is -0.470. The largest absolute Gasteiger partial charge is 0.497 e. The number of nitrogens with zero attached hydrogens (tertiary/aromatic N) is 3. The molecule has 0 fully saturated rings. The number of aryl methyl sites for hydroxylation is 2. The number of esters is 1. The molecule has 0 atom stereocenters. The van der Waals surface area contributed by atoms with Crippen LogP contribution in [0.3, 0.4) is 0 Å². The maximum Gasteiger partial charge on any atom is 0.338 e. The molecule has 2 aromatic carbocycles. The fourth-order valence-electron chi connectivity index (χ4n) is 3.21. The molecule has 1 heterocycles. The van der Waals surface area contributed by atoms with Gasteiger partial charge in [-0.05, 0) is 55.7 Å². The van der Waals surface area contributed by atoms with Crippen molar-refractivity contribution in [2.45, 2.75) is 31.3 Å². The van der Waals surface area contributed by atoms with E-state index in [9.17, 15) is 9.59 Å². The van der Waals surface area contributed by atoms with E-state index >= 15 is 0 Å². The van der Waals surface area contributed by atoms with Crippen LogP contribution in [0.5, 0.6) is 5.75 Å². The van der Waals surface area contributed by atoms with E-state index in [0.717, 1.165) is 30.8 Å². The predicted octanol–water partition coefficient (Wildman–Crippen LogP) is 4.56. The summed E-state index contributed by atoms with van der Waals surface area (Å²) in [5.74, 6) is 1.09. The summed E-state index contributed by atoms with van der Waals surface area (Å²) in [6.45, 7) is 1.99. The number of thioether (sulfide) groups is 1. The number of anilines is 1. The summed E-state index contributed by atoms with van der Waals surface area (Å²) >= 11 is 7.45. The van der Waals surface area contributed by atoms with Gasteiger partial charge in [0.1, 0.15) is 11.6 Å². The molecule has 0 bridgehead atoms. The molecule has 10 heteroatoms. The molecule has 0 aliphatic heterocycles. The monoisotopic (exact) mass is 502 g/mol. The molecule has 1 aromatic heterocycles. The quantitative estimate of drug-likeness (QED) is 0.303. The zero-order chi connectivity index (χ0) is 24.5. The third-order valence-corrected chi connectivity index (χ3v) is 6.38. The van der Waals surface area contributed by atoms with Crippen LogP contribution in [0.25, 0.3) is 0 Å². The van der Waals surface area contributed by atoms with Crippen LogP contribution in [-0.4, -0.2) is 46.1 Å². The summed E-state index contributed by atoms with van der Waals surface area (Å²) in [4.78, 5) is 24.4. The molecule has 0 aliphatic rings. The number of halogens is 1. The van der Waals surface area contributed by atoms with Crippen LogP contribution < -0.4 is 10.1 Å². The number of ether oxygens (including phenoxy) is 2. The average molecular weight is 503 g/mol. The van der Waals surface area contributed by atoms with Gasteiger partial charge in [-0.2, -0.15) is 0 Å². The Morgan fingerprint density at radius 2 is 1.88 bits per heavy atom. The Kier molecular flexibility index (Phi) is 9.35. The normalized spacial score (nSPS) is 10.7. The highest BCUT2D eigenvalue weighted by Crippen LogP contribution is 2.24. The zero-order valence-electron chi connectivity index (χ0n) is 19.3. The lowest BCUT2D eigenvalue weighted by molar-refractivity contribution is -0.113. The molecule has 0 saturated carbocycles. The highest BCUT2D eigenvalue weighted by atomic mass is 35.5. The molecule has 3 aromatic rings. The second-order valence-corrected chi connectivity index (χ2v) is 8.76. The molecule has 0 spiro atoms. The fraction of sp³-hybridized carbons (Fsp3) is 0.333. The first-order valence-corrected chi connectivity index (χ1v) is 12.2. The Labute approximate surface area is 208 Å². The van der Waals surface area contributed by atoms with Crippen molar-refractivity contribution in [2.75, 3.05) is 24.8 Å². The Morgan fingerprint density at radius 3 is 2.59 bits per heavy atom. The summed E-state index contributed by atoms with van der Waals surface area (Å²) in [7, 11) is 3.55. The minimum absolute atomic E-state index is 0.123.